The van der Waals surface area contributed by atoms with Crippen molar-refractivity contribution < 1.29 is 14.3 Å². The van der Waals surface area contributed by atoms with Gasteiger partial charge in [-0.05, 0) is 31.0 Å². The van der Waals surface area contributed by atoms with Crippen LogP contribution in [0.15, 0.2) is 29.3 Å². The van der Waals surface area contributed by atoms with Gasteiger partial charge in [0.1, 0.15) is 11.9 Å². The maximum absolute atomic E-state index is 11.8. The van der Waals surface area contributed by atoms with E-state index >= 15 is 0 Å². The van der Waals surface area contributed by atoms with Gasteiger partial charge < -0.3 is 19.7 Å². The number of likely N-dealkylation sites (tertiary alicyclic amines) is 1. The van der Waals surface area contributed by atoms with Gasteiger partial charge in [0.05, 0.1) is 19.6 Å². The first kappa shape index (κ1) is 22.8. The van der Waals surface area contributed by atoms with E-state index in [1.165, 1.54) is 7.11 Å². The molecule has 3 atom stereocenters. The van der Waals surface area contributed by atoms with Crippen molar-refractivity contribution in [2.45, 2.75) is 20.0 Å². The number of hydrogen-bond acceptors (Lipinski definition) is 4. The van der Waals surface area contributed by atoms with Gasteiger partial charge in [-0.2, -0.15) is 0 Å². The van der Waals surface area contributed by atoms with Crippen LogP contribution in [-0.4, -0.2) is 56.7 Å². The van der Waals surface area contributed by atoms with E-state index in [1.54, 1.807) is 13.1 Å². The number of rotatable bonds is 5. The Kier molecular flexibility index (Phi) is 9.49. The van der Waals surface area contributed by atoms with Crippen LogP contribution in [0.25, 0.3) is 0 Å². The Morgan fingerprint density at radius 1 is 1.46 bits per heavy atom. The molecule has 1 heterocycles. The van der Waals surface area contributed by atoms with Crippen molar-refractivity contribution in [1.29, 1.82) is 0 Å². The first-order chi connectivity index (χ1) is 11.9. The molecule has 26 heavy (non-hydrogen) atoms. The number of carbonyl (C=O) groups excluding carboxylic acids is 1. The second kappa shape index (κ2) is 10.8. The van der Waals surface area contributed by atoms with Crippen LogP contribution in [0.1, 0.15) is 13.8 Å². The van der Waals surface area contributed by atoms with Crippen LogP contribution in [0.4, 0.5) is 0 Å². The van der Waals surface area contributed by atoms with Gasteiger partial charge in [-0.1, -0.05) is 24.6 Å². The SMILES string of the molecule is CN=C(NCC(C)Oc1cccc(Cl)c1)N1CC(C)C(C(=O)OC)C1.I. The summed E-state index contributed by atoms with van der Waals surface area (Å²) in [6.45, 7) is 6.00. The predicted octanol–water partition coefficient (Wildman–Crippen LogP) is 3.04. The van der Waals surface area contributed by atoms with E-state index in [9.17, 15) is 4.79 Å². The lowest BCUT2D eigenvalue weighted by Crippen LogP contribution is -2.44. The number of methoxy groups -OCH3 is 1. The van der Waals surface area contributed by atoms with E-state index in [1.807, 2.05) is 25.1 Å². The molecule has 0 saturated carbocycles. The van der Waals surface area contributed by atoms with Crippen LogP contribution in [-0.2, 0) is 9.53 Å². The minimum Gasteiger partial charge on any atom is -0.489 e. The third kappa shape index (κ3) is 6.19. The lowest BCUT2D eigenvalue weighted by molar-refractivity contribution is -0.145. The summed E-state index contributed by atoms with van der Waals surface area (Å²) in [7, 11) is 3.17. The first-order valence-electron chi connectivity index (χ1n) is 8.40. The molecule has 1 aliphatic heterocycles. The molecule has 0 spiro atoms. The Hall–Kier alpha value is -1.22. The predicted molar refractivity (Wildman–Crippen MR) is 115 cm³/mol. The molecule has 1 aromatic carbocycles. The van der Waals surface area contributed by atoms with Crippen molar-refractivity contribution in [1.82, 2.24) is 10.2 Å². The lowest BCUT2D eigenvalue weighted by atomic mass is 9.99. The molecule has 0 aliphatic carbocycles. The highest BCUT2D eigenvalue weighted by Gasteiger charge is 2.36. The number of halogens is 2. The Balaban J connectivity index is 0.00000338. The van der Waals surface area contributed by atoms with E-state index in [2.05, 4.69) is 22.1 Å². The molecule has 6 nitrogen and oxygen atoms in total. The molecule has 0 radical (unpaired) electrons. The molecule has 8 heteroatoms. The van der Waals surface area contributed by atoms with Crippen molar-refractivity contribution in [3.63, 3.8) is 0 Å². The van der Waals surface area contributed by atoms with Crippen molar-refractivity contribution in [3.05, 3.63) is 29.3 Å². The third-order valence-corrected chi connectivity index (χ3v) is 4.54. The van der Waals surface area contributed by atoms with Crippen LogP contribution >= 0.6 is 35.6 Å². The molecule has 1 saturated heterocycles. The molecule has 1 aromatic rings. The number of guanidine groups is 1. The molecular formula is C18H27ClIN3O3. The van der Waals surface area contributed by atoms with Crippen molar-refractivity contribution in [2.75, 3.05) is 33.8 Å². The molecule has 1 aliphatic rings. The largest absolute Gasteiger partial charge is 0.489 e. The number of carbonyl (C=O) groups is 1. The Bertz CT molecular complexity index is 629. The van der Waals surface area contributed by atoms with E-state index in [4.69, 9.17) is 21.1 Å². The summed E-state index contributed by atoms with van der Waals surface area (Å²) < 4.78 is 10.7. The topological polar surface area (TPSA) is 63.2 Å². The van der Waals surface area contributed by atoms with E-state index in [0.717, 1.165) is 18.3 Å². The van der Waals surface area contributed by atoms with Gasteiger partial charge in [0.15, 0.2) is 5.96 Å². The highest BCUT2D eigenvalue weighted by molar-refractivity contribution is 14.0. The average molecular weight is 496 g/mol. The van der Waals surface area contributed by atoms with E-state index in [0.29, 0.717) is 18.1 Å². The summed E-state index contributed by atoms with van der Waals surface area (Å²) in [5, 5.41) is 3.96. The molecule has 3 unspecified atom stereocenters. The van der Waals surface area contributed by atoms with Crippen LogP contribution in [0.2, 0.25) is 5.02 Å². The normalized spacial score (nSPS) is 21.0. The number of benzene rings is 1. The zero-order chi connectivity index (χ0) is 18.4. The summed E-state index contributed by atoms with van der Waals surface area (Å²) >= 11 is 5.97. The minimum absolute atomic E-state index is 0. The quantitative estimate of drug-likeness (QED) is 0.294. The Morgan fingerprint density at radius 3 is 2.81 bits per heavy atom. The first-order valence-corrected chi connectivity index (χ1v) is 8.78. The molecule has 1 N–H and O–H groups in total. The molecule has 1 fully saturated rings. The highest BCUT2D eigenvalue weighted by Crippen LogP contribution is 2.24. The molecular weight excluding hydrogens is 469 g/mol. The summed E-state index contributed by atoms with van der Waals surface area (Å²) in [5.41, 5.74) is 0. The van der Waals surface area contributed by atoms with Gasteiger partial charge in [0.25, 0.3) is 0 Å². The van der Waals surface area contributed by atoms with Gasteiger partial charge in [-0.3, -0.25) is 9.79 Å². The summed E-state index contributed by atoms with van der Waals surface area (Å²) in [6, 6.07) is 7.33. The fourth-order valence-electron chi connectivity index (χ4n) is 2.98. The number of aliphatic imine (C=N–C) groups is 1. The van der Waals surface area contributed by atoms with Crippen LogP contribution in [0.5, 0.6) is 5.75 Å². The maximum Gasteiger partial charge on any atom is 0.310 e. The number of esters is 1. The minimum atomic E-state index is -0.164. The molecule has 0 aromatic heterocycles. The van der Waals surface area contributed by atoms with Gasteiger partial charge in [-0.25, -0.2) is 0 Å². The Labute approximate surface area is 177 Å². The second-order valence-corrected chi connectivity index (χ2v) is 6.76. The summed E-state index contributed by atoms with van der Waals surface area (Å²) in [4.78, 5) is 18.2. The second-order valence-electron chi connectivity index (χ2n) is 6.33. The van der Waals surface area contributed by atoms with E-state index in [-0.39, 0.29) is 47.9 Å². The van der Waals surface area contributed by atoms with Crippen molar-refractivity contribution in [2.24, 2.45) is 16.8 Å². The van der Waals surface area contributed by atoms with E-state index < -0.39 is 0 Å². The average Bonchev–Trinajstić information content (AvgIpc) is 2.96. The zero-order valence-electron chi connectivity index (χ0n) is 15.6. The fourth-order valence-corrected chi connectivity index (χ4v) is 3.16. The maximum atomic E-state index is 11.8. The van der Waals surface area contributed by atoms with Crippen molar-refractivity contribution >= 4 is 47.5 Å². The smallest absolute Gasteiger partial charge is 0.310 e. The lowest BCUT2D eigenvalue weighted by Gasteiger charge is -2.23. The number of hydrogen-bond donors (Lipinski definition) is 1. The van der Waals surface area contributed by atoms with Crippen LogP contribution in [0, 0.1) is 11.8 Å². The molecule has 0 bridgehead atoms. The Morgan fingerprint density at radius 2 is 2.19 bits per heavy atom. The summed E-state index contributed by atoms with van der Waals surface area (Å²) in [6.07, 6.45) is -0.0633. The standard InChI is InChI=1S/C18H26ClN3O3.HI/c1-12-10-22(11-16(12)17(23)24-4)18(20-3)21-9-13(2)25-15-7-5-6-14(19)8-15;/h5-8,12-13,16H,9-11H2,1-4H3,(H,20,21);1H. The number of ether oxygens (including phenoxy) is 2. The van der Waals surface area contributed by atoms with Gasteiger partial charge in [-0.15, -0.1) is 24.0 Å². The highest BCUT2D eigenvalue weighted by atomic mass is 127. The van der Waals surface area contributed by atoms with Crippen LogP contribution < -0.4 is 10.1 Å². The molecule has 2 rings (SSSR count). The fraction of sp³-hybridized carbons (Fsp3) is 0.556. The van der Waals surface area contributed by atoms with Gasteiger partial charge in [0.2, 0.25) is 0 Å². The third-order valence-electron chi connectivity index (χ3n) is 4.31. The number of nitrogens with zero attached hydrogens (tertiary/aromatic N) is 2. The molecule has 146 valence electrons. The van der Waals surface area contributed by atoms with Crippen LogP contribution in [0.3, 0.4) is 0 Å². The van der Waals surface area contributed by atoms with Crippen molar-refractivity contribution in [3.8, 4) is 5.75 Å². The van der Waals surface area contributed by atoms with Gasteiger partial charge in [0, 0.05) is 25.2 Å². The zero-order valence-corrected chi connectivity index (χ0v) is 18.7. The molecule has 0 amide bonds. The summed E-state index contributed by atoms with van der Waals surface area (Å²) in [5.74, 6) is 1.44. The number of nitrogens with one attached hydrogen (secondary N) is 1. The van der Waals surface area contributed by atoms with Gasteiger partial charge >= 0.3 is 5.97 Å². The monoisotopic (exact) mass is 495 g/mol.